The van der Waals surface area contributed by atoms with Crippen molar-refractivity contribution in [3.63, 3.8) is 0 Å². The van der Waals surface area contributed by atoms with Crippen molar-refractivity contribution < 1.29 is 14.3 Å². The Labute approximate surface area is 127 Å². The van der Waals surface area contributed by atoms with Gasteiger partial charge in [0.15, 0.2) is 0 Å². The van der Waals surface area contributed by atoms with E-state index in [2.05, 4.69) is 5.32 Å². The quantitative estimate of drug-likeness (QED) is 0.850. The smallest absolute Gasteiger partial charge is 0.323 e. The molecule has 0 spiro atoms. The zero-order valence-electron chi connectivity index (χ0n) is 12.7. The molecule has 0 amide bonds. The molecule has 0 aliphatic heterocycles. The molecule has 5 heteroatoms. The molecule has 4 nitrogen and oxygen atoms in total. The molecule has 1 rings (SSSR count). The second kappa shape index (κ2) is 8.12. The van der Waals surface area contributed by atoms with Gasteiger partial charge in [0.05, 0.1) is 7.11 Å². The molecule has 0 radical (unpaired) electrons. The van der Waals surface area contributed by atoms with Gasteiger partial charge in [-0.15, -0.1) is 12.4 Å². The fourth-order valence-electron chi connectivity index (χ4n) is 1.49. The number of benzene rings is 1. The topological polar surface area (TPSA) is 47.6 Å². The van der Waals surface area contributed by atoms with E-state index in [0.717, 1.165) is 11.3 Å². The first-order valence-corrected chi connectivity index (χ1v) is 6.41. The van der Waals surface area contributed by atoms with Gasteiger partial charge in [0, 0.05) is 6.54 Å². The lowest BCUT2D eigenvalue weighted by Gasteiger charge is -2.22. The molecule has 0 aliphatic carbocycles. The number of hydrogen-bond donors (Lipinski definition) is 1. The number of nitrogens with one attached hydrogen (secondary N) is 1. The molecule has 1 aromatic rings. The Morgan fingerprint density at radius 2 is 1.80 bits per heavy atom. The first-order valence-electron chi connectivity index (χ1n) is 6.41. The molecule has 1 N–H and O–H groups in total. The van der Waals surface area contributed by atoms with Crippen LogP contribution in [0.4, 0.5) is 0 Å². The highest BCUT2D eigenvalue weighted by atomic mass is 35.5. The van der Waals surface area contributed by atoms with Crippen LogP contribution in [-0.2, 0) is 16.1 Å². The molecule has 0 fully saturated rings. The predicted octanol–water partition coefficient (Wildman–Crippen LogP) is 2.94. The summed E-state index contributed by atoms with van der Waals surface area (Å²) in [6, 6.07) is 7.40. The van der Waals surface area contributed by atoms with Crippen molar-refractivity contribution in [2.75, 3.05) is 7.11 Å². The van der Waals surface area contributed by atoms with Crippen molar-refractivity contribution in [1.29, 1.82) is 0 Å². The molecule has 0 aliphatic rings. The van der Waals surface area contributed by atoms with Crippen LogP contribution in [0.15, 0.2) is 24.3 Å². The van der Waals surface area contributed by atoms with Gasteiger partial charge in [0.25, 0.3) is 0 Å². The van der Waals surface area contributed by atoms with E-state index in [9.17, 15) is 4.79 Å². The summed E-state index contributed by atoms with van der Waals surface area (Å²) in [5.74, 6) is 0.588. The standard InChI is InChI=1S/C15H23NO3.ClH/c1-11(14(17)19-15(2,3)4)16-10-12-6-8-13(18-5)9-7-12;/h6-9,11,16H,10H2,1-5H3;1H/t11-;/m0./s1. The van der Waals surface area contributed by atoms with Gasteiger partial charge < -0.3 is 14.8 Å². The minimum Gasteiger partial charge on any atom is -0.497 e. The second-order valence-electron chi connectivity index (χ2n) is 5.48. The maximum absolute atomic E-state index is 11.8. The molecule has 1 atom stereocenters. The first-order chi connectivity index (χ1) is 8.81. The van der Waals surface area contributed by atoms with Crippen LogP contribution in [0, 0.1) is 0 Å². The Kier molecular flexibility index (Phi) is 7.61. The molecule has 20 heavy (non-hydrogen) atoms. The Balaban J connectivity index is 0.00000361. The van der Waals surface area contributed by atoms with Crippen LogP contribution in [0.1, 0.15) is 33.3 Å². The van der Waals surface area contributed by atoms with Gasteiger partial charge >= 0.3 is 5.97 Å². The lowest BCUT2D eigenvalue weighted by Crippen LogP contribution is -2.38. The van der Waals surface area contributed by atoms with Crippen LogP contribution in [0.2, 0.25) is 0 Å². The summed E-state index contributed by atoms with van der Waals surface area (Å²) in [6.45, 7) is 8.01. The summed E-state index contributed by atoms with van der Waals surface area (Å²) in [5.41, 5.74) is 0.642. The molecule has 0 heterocycles. The lowest BCUT2D eigenvalue weighted by molar-refractivity contribution is -0.157. The van der Waals surface area contributed by atoms with E-state index in [1.807, 2.05) is 45.0 Å². The van der Waals surface area contributed by atoms with E-state index >= 15 is 0 Å². The molecule has 0 unspecified atom stereocenters. The van der Waals surface area contributed by atoms with Crippen LogP contribution in [-0.4, -0.2) is 24.7 Å². The van der Waals surface area contributed by atoms with Crippen LogP contribution >= 0.6 is 12.4 Å². The minimum atomic E-state index is -0.451. The Bertz CT molecular complexity index is 412. The number of carbonyl (C=O) groups excluding carboxylic acids is 1. The Morgan fingerprint density at radius 1 is 1.25 bits per heavy atom. The van der Waals surface area contributed by atoms with Gasteiger partial charge in [-0.2, -0.15) is 0 Å². The van der Waals surface area contributed by atoms with E-state index in [-0.39, 0.29) is 24.4 Å². The van der Waals surface area contributed by atoms with Gasteiger partial charge in [-0.3, -0.25) is 4.79 Å². The number of halogens is 1. The van der Waals surface area contributed by atoms with Crippen LogP contribution in [0.3, 0.4) is 0 Å². The summed E-state index contributed by atoms with van der Waals surface area (Å²) in [5, 5.41) is 3.14. The molecule has 114 valence electrons. The average molecular weight is 302 g/mol. The SMILES string of the molecule is COc1ccc(CN[C@@H](C)C(=O)OC(C)(C)C)cc1.Cl. The highest BCUT2D eigenvalue weighted by Gasteiger charge is 2.21. The van der Waals surface area contributed by atoms with Crippen molar-refractivity contribution in [3.05, 3.63) is 29.8 Å². The highest BCUT2D eigenvalue weighted by Crippen LogP contribution is 2.12. The molecular formula is C15H24ClNO3. The molecule has 0 saturated heterocycles. The lowest BCUT2D eigenvalue weighted by atomic mass is 10.2. The van der Waals surface area contributed by atoms with Crippen molar-refractivity contribution in [1.82, 2.24) is 5.32 Å². The third-order valence-electron chi connectivity index (χ3n) is 2.53. The Hall–Kier alpha value is -1.26. The molecule has 1 aromatic carbocycles. The maximum atomic E-state index is 11.8. The van der Waals surface area contributed by atoms with Crippen LogP contribution < -0.4 is 10.1 Å². The molecule has 0 bridgehead atoms. The summed E-state index contributed by atoms with van der Waals surface area (Å²) in [6.07, 6.45) is 0. The largest absolute Gasteiger partial charge is 0.497 e. The number of rotatable bonds is 5. The summed E-state index contributed by atoms with van der Waals surface area (Å²) >= 11 is 0. The zero-order valence-corrected chi connectivity index (χ0v) is 13.5. The number of hydrogen-bond acceptors (Lipinski definition) is 4. The van der Waals surface area contributed by atoms with Gasteiger partial charge in [-0.05, 0) is 45.4 Å². The third-order valence-corrected chi connectivity index (χ3v) is 2.53. The third kappa shape index (κ3) is 6.78. The highest BCUT2D eigenvalue weighted by molar-refractivity contribution is 5.85. The first kappa shape index (κ1) is 18.7. The van der Waals surface area contributed by atoms with Crippen LogP contribution in [0.5, 0.6) is 5.75 Å². The normalized spacial score (nSPS) is 12.2. The number of carbonyl (C=O) groups is 1. The van der Waals surface area contributed by atoms with Gasteiger partial charge in [0.1, 0.15) is 17.4 Å². The van der Waals surface area contributed by atoms with Gasteiger partial charge in [-0.1, -0.05) is 12.1 Å². The number of esters is 1. The monoisotopic (exact) mass is 301 g/mol. The van der Waals surface area contributed by atoms with Crippen LogP contribution in [0.25, 0.3) is 0 Å². The molecule has 0 saturated carbocycles. The minimum absolute atomic E-state index is 0. The van der Waals surface area contributed by atoms with Crippen molar-refractivity contribution >= 4 is 18.4 Å². The number of methoxy groups -OCH3 is 1. The van der Waals surface area contributed by atoms with E-state index in [1.54, 1.807) is 14.0 Å². The van der Waals surface area contributed by atoms with Gasteiger partial charge in [0.2, 0.25) is 0 Å². The van der Waals surface area contributed by atoms with E-state index in [0.29, 0.717) is 6.54 Å². The summed E-state index contributed by atoms with van der Waals surface area (Å²) < 4.78 is 10.4. The fraction of sp³-hybridized carbons (Fsp3) is 0.533. The fourth-order valence-corrected chi connectivity index (χ4v) is 1.49. The van der Waals surface area contributed by atoms with E-state index in [1.165, 1.54) is 0 Å². The van der Waals surface area contributed by atoms with E-state index < -0.39 is 5.60 Å². The van der Waals surface area contributed by atoms with E-state index in [4.69, 9.17) is 9.47 Å². The molecular weight excluding hydrogens is 278 g/mol. The van der Waals surface area contributed by atoms with Crippen molar-refractivity contribution in [3.8, 4) is 5.75 Å². The average Bonchev–Trinajstić information content (AvgIpc) is 2.34. The predicted molar refractivity (Wildman–Crippen MR) is 82.4 cm³/mol. The number of ether oxygens (including phenoxy) is 2. The molecule has 0 aromatic heterocycles. The van der Waals surface area contributed by atoms with Crippen molar-refractivity contribution in [2.24, 2.45) is 0 Å². The zero-order chi connectivity index (χ0) is 14.5. The van der Waals surface area contributed by atoms with Crippen molar-refractivity contribution in [2.45, 2.75) is 45.9 Å². The second-order valence-corrected chi connectivity index (χ2v) is 5.48. The summed E-state index contributed by atoms with van der Waals surface area (Å²) in [7, 11) is 1.64. The maximum Gasteiger partial charge on any atom is 0.323 e. The summed E-state index contributed by atoms with van der Waals surface area (Å²) in [4.78, 5) is 11.8. The Morgan fingerprint density at radius 3 is 2.25 bits per heavy atom. The van der Waals surface area contributed by atoms with Gasteiger partial charge in [-0.25, -0.2) is 0 Å².